The molecule has 0 amide bonds. The van der Waals surface area contributed by atoms with Gasteiger partial charge in [0.15, 0.2) is 0 Å². The minimum atomic E-state index is 0.927. The lowest BCUT2D eigenvalue weighted by molar-refractivity contribution is 0.271. The van der Waals surface area contributed by atoms with Gasteiger partial charge in [-0.05, 0) is 41.9 Å². The average molecular weight is 252 g/mol. The van der Waals surface area contributed by atoms with E-state index in [4.69, 9.17) is 0 Å². The van der Waals surface area contributed by atoms with E-state index in [0.29, 0.717) is 0 Å². The molecule has 1 aliphatic carbocycles. The van der Waals surface area contributed by atoms with Crippen LogP contribution in [0.4, 0.5) is 0 Å². The standard InChI is InChI=1S/C18H36/c1-7-10-16(13(4)8-2)12-11-14(5)18-15(6)17(18)9-3/h13-18H,7-12H2,1-6H3. The Bertz CT molecular complexity index is 220. The Morgan fingerprint density at radius 2 is 1.61 bits per heavy atom. The van der Waals surface area contributed by atoms with E-state index in [9.17, 15) is 0 Å². The highest BCUT2D eigenvalue weighted by Crippen LogP contribution is 2.53. The van der Waals surface area contributed by atoms with Gasteiger partial charge in [0.05, 0.1) is 0 Å². The van der Waals surface area contributed by atoms with Crippen LogP contribution in [0.25, 0.3) is 0 Å². The molecule has 0 saturated heterocycles. The van der Waals surface area contributed by atoms with E-state index in [1.165, 1.54) is 38.5 Å². The van der Waals surface area contributed by atoms with Crippen LogP contribution in [0.3, 0.4) is 0 Å². The topological polar surface area (TPSA) is 0 Å². The molecule has 0 heteroatoms. The number of hydrogen-bond acceptors (Lipinski definition) is 0. The normalized spacial score (nSPS) is 32.0. The maximum Gasteiger partial charge on any atom is -0.0329 e. The van der Waals surface area contributed by atoms with E-state index < -0.39 is 0 Å². The molecule has 108 valence electrons. The maximum atomic E-state index is 2.51. The first kappa shape index (κ1) is 16.1. The first-order valence-electron chi connectivity index (χ1n) is 8.56. The molecule has 0 bridgehead atoms. The Balaban J connectivity index is 2.33. The molecule has 0 radical (unpaired) electrons. The minimum Gasteiger partial charge on any atom is -0.0654 e. The summed E-state index contributed by atoms with van der Waals surface area (Å²) in [7, 11) is 0. The fourth-order valence-electron chi connectivity index (χ4n) is 4.25. The monoisotopic (exact) mass is 252 g/mol. The molecule has 0 nitrogen and oxygen atoms in total. The quantitative estimate of drug-likeness (QED) is 0.461. The molecular formula is C18H36. The van der Waals surface area contributed by atoms with Crippen molar-refractivity contribution in [1.82, 2.24) is 0 Å². The summed E-state index contributed by atoms with van der Waals surface area (Å²) in [5, 5.41) is 0. The van der Waals surface area contributed by atoms with Crippen molar-refractivity contribution in [2.45, 2.75) is 80.1 Å². The van der Waals surface area contributed by atoms with Gasteiger partial charge in [0.1, 0.15) is 0 Å². The van der Waals surface area contributed by atoms with Crippen LogP contribution in [0.15, 0.2) is 0 Å². The lowest BCUT2D eigenvalue weighted by Crippen LogP contribution is -2.13. The van der Waals surface area contributed by atoms with Gasteiger partial charge in [-0.1, -0.05) is 73.6 Å². The van der Waals surface area contributed by atoms with Crippen molar-refractivity contribution >= 4 is 0 Å². The van der Waals surface area contributed by atoms with E-state index in [1.54, 1.807) is 0 Å². The predicted octanol–water partition coefficient (Wildman–Crippen LogP) is 6.16. The van der Waals surface area contributed by atoms with Crippen molar-refractivity contribution in [1.29, 1.82) is 0 Å². The van der Waals surface area contributed by atoms with Crippen molar-refractivity contribution in [3.05, 3.63) is 0 Å². The summed E-state index contributed by atoms with van der Waals surface area (Å²) >= 11 is 0. The third kappa shape index (κ3) is 4.00. The second kappa shape index (κ2) is 7.56. The van der Waals surface area contributed by atoms with Crippen molar-refractivity contribution < 1.29 is 0 Å². The Morgan fingerprint density at radius 1 is 0.944 bits per heavy atom. The van der Waals surface area contributed by atoms with E-state index in [-0.39, 0.29) is 0 Å². The molecule has 0 N–H and O–H groups in total. The molecule has 1 saturated carbocycles. The van der Waals surface area contributed by atoms with Crippen molar-refractivity contribution in [3.8, 4) is 0 Å². The Kier molecular flexibility index (Phi) is 6.74. The Hall–Kier alpha value is 0. The summed E-state index contributed by atoms with van der Waals surface area (Å²) < 4.78 is 0. The van der Waals surface area contributed by atoms with Crippen LogP contribution >= 0.6 is 0 Å². The van der Waals surface area contributed by atoms with Crippen LogP contribution in [0.2, 0.25) is 0 Å². The third-order valence-corrected chi connectivity index (χ3v) is 5.87. The molecule has 1 fully saturated rings. The van der Waals surface area contributed by atoms with E-state index in [1.807, 2.05) is 0 Å². The molecule has 0 spiro atoms. The van der Waals surface area contributed by atoms with Gasteiger partial charge < -0.3 is 0 Å². The van der Waals surface area contributed by atoms with Gasteiger partial charge >= 0.3 is 0 Å². The zero-order valence-electron chi connectivity index (χ0n) is 13.7. The van der Waals surface area contributed by atoms with Gasteiger partial charge in [0.25, 0.3) is 0 Å². The highest BCUT2D eigenvalue weighted by atomic mass is 14.5. The number of rotatable bonds is 9. The minimum absolute atomic E-state index is 0.927. The highest BCUT2D eigenvalue weighted by molar-refractivity contribution is 4.95. The average Bonchev–Trinajstić information content (AvgIpc) is 3.03. The van der Waals surface area contributed by atoms with E-state index >= 15 is 0 Å². The SMILES string of the molecule is CCCC(CCC(C)C1C(C)C1CC)C(C)CC. The Labute approximate surface area is 116 Å². The van der Waals surface area contributed by atoms with Crippen molar-refractivity contribution in [2.75, 3.05) is 0 Å². The van der Waals surface area contributed by atoms with Crippen LogP contribution < -0.4 is 0 Å². The van der Waals surface area contributed by atoms with Gasteiger partial charge in [-0.15, -0.1) is 0 Å². The fourth-order valence-corrected chi connectivity index (χ4v) is 4.25. The zero-order chi connectivity index (χ0) is 13.7. The summed E-state index contributed by atoms with van der Waals surface area (Å²) in [5.41, 5.74) is 0. The number of hydrogen-bond donors (Lipinski definition) is 0. The molecular weight excluding hydrogens is 216 g/mol. The molecule has 6 unspecified atom stereocenters. The third-order valence-electron chi connectivity index (χ3n) is 5.87. The van der Waals surface area contributed by atoms with Crippen molar-refractivity contribution in [2.24, 2.45) is 35.5 Å². The fraction of sp³-hybridized carbons (Fsp3) is 1.00. The summed E-state index contributed by atoms with van der Waals surface area (Å²) in [6.07, 6.45) is 8.51. The molecule has 1 aliphatic rings. The molecule has 0 aromatic heterocycles. The predicted molar refractivity (Wildman–Crippen MR) is 82.7 cm³/mol. The molecule has 0 aliphatic heterocycles. The van der Waals surface area contributed by atoms with Gasteiger partial charge in [-0.3, -0.25) is 0 Å². The molecule has 0 aromatic carbocycles. The van der Waals surface area contributed by atoms with Crippen LogP contribution in [0.1, 0.15) is 80.1 Å². The highest BCUT2D eigenvalue weighted by Gasteiger charge is 2.47. The molecule has 18 heavy (non-hydrogen) atoms. The van der Waals surface area contributed by atoms with Crippen LogP contribution in [-0.2, 0) is 0 Å². The molecule has 0 heterocycles. The molecule has 1 rings (SSSR count). The lowest BCUT2D eigenvalue weighted by atomic mass is 9.82. The van der Waals surface area contributed by atoms with Gasteiger partial charge in [0.2, 0.25) is 0 Å². The molecule has 6 atom stereocenters. The summed E-state index contributed by atoms with van der Waals surface area (Å²) in [4.78, 5) is 0. The van der Waals surface area contributed by atoms with Gasteiger partial charge in [0, 0.05) is 0 Å². The maximum absolute atomic E-state index is 2.51. The van der Waals surface area contributed by atoms with Crippen molar-refractivity contribution in [3.63, 3.8) is 0 Å². The second-order valence-electron chi connectivity index (χ2n) is 7.00. The smallest absolute Gasteiger partial charge is 0.0329 e. The molecule has 0 aromatic rings. The van der Waals surface area contributed by atoms with Crippen LogP contribution in [-0.4, -0.2) is 0 Å². The lowest BCUT2D eigenvalue weighted by Gasteiger charge is -2.24. The summed E-state index contributed by atoms with van der Waals surface area (Å²) in [5.74, 6) is 5.99. The van der Waals surface area contributed by atoms with E-state index in [2.05, 4.69) is 41.5 Å². The van der Waals surface area contributed by atoms with E-state index in [0.717, 1.165) is 35.5 Å². The van der Waals surface area contributed by atoms with Crippen LogP contribution in [0, 0.1) is 35.5 Å². The largest absolute Gasteiger partial charge is 0.0654 e. The summed E-state index contributed by atoms with van der Waals surface area (Å²) in [6, 6.07) is 0. The zero-order valence-corrected chi connectivity index (χ0v) is 13.7. The summed E-state index contributed by atoms with van der Waals surface area (Å²) in [6.45, 7) is 14.5. The van der Waals surface area contributed by atoms with Crippen LogP contribution in [0.5, 0.6) is 0 Å². The Morgan fingerprint density at radius 3 is 2.06 bits per heavy atom. The van der Waals surface area contributed by atoms with Gasteiger partial charge in [-0.25, -0.2) is 0 Å². The first-order chi connectivity index (χ1) is 8.56. The first-order valence-corrected chi connectivity index (χ1v) is 8.56. The second-order valence-corrected chi connectivity index (χ2v) is 7.00. The van der Waals surface area contributed by atoms with Gasteiger partial charge in [-0.2, -0.15) is 0 Å².